The highest BCUT2D eigenvalue weighted by Crippen LogP contribution is 2.32. The van der Waals surface area contributed by atoms with Crippen molar-refractivity contribution >= 4 is 32.4 Å². The third kappa shape index (κ3) is 3.60. The molecule has 8 heteroatoms. The Hall–Kier alpha value is -1.28. The van der Waals surface area contributed by atoms with Gasteiger partial charge in [0.2, 0.25) is 0 Å². The lowest BCUT2D eigenvalue weighted by molar-refractivity contribution is -0.140. The maximum atomic E-state index is 12.3. The molecule has 0 atom stereocenters. The van der Waals surface area contributed by atoms with Crippen molar-refractivity contribution in [2.75, 3.05) is 5.32 Å². The lowest BCUT2D eigenvalue weighted by atomic mass is 10.2. The molecule has 0 radical (unpaired) electrons. The summed E-state index contributed by atoms with van der Waals surface area (Å²) in [6.07, 6.45) is -4.42. The van der Waals surface area contributed by atoms with Crippen molar-refractivity contribution in [3.63, 3.8) is 0 Å². The normalized spacial score (nSPS) is 11.6. The second kappa shape index (κ2) is 5.38. The molecule has 0 aliphatic rings. The number of nitrogens with zero attached hydrogens (tertiary/aromatic N) is 1. The SMILES string of the molecule is Oc1ccc(CNc2nc(C(F)(F)F)cs2)cc1Br. The van der Waals surface area contributed by atoms with Gasteiger partial charge in [-0.1, -0.05) is 6.07 Å². The second-order valence-corrected chi connectivity index (χ2v) is 5.39. The van der Waals surface area contributed by atoms with E-state index in [9.17, 15) is 18.3 Å². The Bertz CT molecular complexity index is 586. The molecule has 2 N–H and O–H groups in total. The highest BCUT2D eigenvalue weighted by Gasteiger charge is 2.33. The first-order valence-electron chi connectivity index (χ1n) is 5.10. The third-order valence-electron chi connectivity index (χ3n) is 2.25. The molecule has 2 aromatic rings. The summed E-state index contributed by atoms with van der Waals surface area (Å²) in [6, 6.07) is 4.86. The topological polar surface area (TPSA) is 45.1 Å². The molecular weight excluding hydrogens is 345 g/mol. The minimum Gasteiger partial charge on any atom is -0.507 e. The van der Waals surface area contributed by atoms with Crippen LogP contribution in [-0.4, -0.2) is 10.1 Å². The Balaban J connectivity index is 2.02. The van der Waals surface area contributed by atoms with E-state index in [-0.39, 0.29) is 10.9 Å². The van der Waals surface area contributed by atoms with Gasteiger partial charge in [0.05, 0.1) is 4.47 Å². The zero-order valence-electron chi connectivity index (χ0n) is 9.33. The van der Waals surface area contributed by atoms with Crippen LogP contribution < -0.4 is 5.32 Å². The number of hydrogen-bond donors (Lipinski definition) is 2. The number of phenolic OH excluding ortho intramolecular Hbond substituents is 1. The smallest absolute Gasteiger partial charge is 0.434 e. The van der Waals surface area contributed by atoms with Crippen LogP contribution in [0.4, 0.5) is 18.3 Å². The van der Waals surface area contributed by atoms with E-state index < -0.39 is 11.9 Å². The quantitative estimate of drug-likeness (QED) is 0.868. The molecule has 0 aliphatic carbocycles. The van der Waals surface area contributed by atoms with Crippen LogP contribution in [-0.2, 0) is 12.7 Å². The molecule has 0 spiro atoms. The molecule has 0 amide bonds. The molecular formula is C11H8BrF3N2OS. The molecule has 1 aromatic heterocycles. The Labute approximate surface area is 119 Å². The van der Waals surface area contributed by atoms with Gasteiger partial charge >= 0.3 is 6.18 Å². The van der Waals surface area contributed by atoms with E-state index in [1.54, 1.807) is 12.1 Å². The van der Waals surface area contributed by atoms with E-state index in [2.05, 4.69) is 26.2 Å². The fourth-order valence-electron chi connectivity index (χ4n) is 1.32. The summed E-state index contributed by atoms with van der Waals surface area (Å²) in [6.45, 7) is 0.323. The number of aromatic nitrogens is 1. The van der Waals surface area contributed by atoms with E-state index in [1.807, 2.05) is 0 Å². The van der Waals surface area contributed by atoms with Gasteiger partial charge in [-0.2, -0.15) is 13.2 Å². The summed E-state index contributed by atoms with van der Waals surface area (Å²) in [5.74, 6) is 0.109. The van der Waals surface area contributed by atoms with Crippen molar-refractivity contribution in [1.82, 2.24) is 4.98 Å². The standard InChI is InChI=1S/C11H8BrF3N2OS/c12-7-3-6(1-2-8(7)18)4-16-10-17-9(5-19-10)11(13,14)15/h1-3,5,18H,4H2,(H,16,17). The number of phenols is 1. The summed E-state index contributed by atoms with van der Waals surface area (Å²) in [5.41, 5.74) is -0.0830. The summed E-state index contributed by atoms with van der Waals surface area (Å²) in [5, 5.41) is 13.3. The van der Waals surface area contributed by atoms with Crippen molar-refractivity contribution in [1.29, 1.82) is 0 Å². The van der Waals surface area contributed by atoms with Crippen LogP contribution in [0.15, 0.2) is 28.1 Å². The van der Waals surface area contributed by atoms with Crippen molar-refractivity contribution in [3.05, 3.63) is 39.3 Å². The molecule has 0 saturated carbocycles. The van der Waals surface area contributed by atoms with Gasteiger partial charge in [0.1, 0.15) is 5.75 Å². The summed E-state index contributed by atoms with van der Waals surface area (Å²) >= 11 is 4.06. The first kappa shape index (κ1) is 14.1. The predicted octanol–water partition coefficient (Wildman–Crippen LogP) is 4.24. The Kier molecular flexibility index (Phi) is 4.00. The maximum Gasteiger partial charge on any atom is 0.434 e. The molecule has 0 aliphatic heterocycles. The number of benzene rings is 1. The van der Waals surface area contributed by atoms with Gasteiger partial charge in [-0.3, -0.25) is 0 Å². The molecule has 3 nitrogen and oxygen atoms in total. The van der Waals surface area contributed by atoms with Crippen LogP contribution in [0.2, 0.25) is 0 Å². The first-order chi connectivity index (χ1) is 8.86. The van der Waals surface area contributed by atoms with Crippen LogP contribution in [0.3, 0.4) is 0 Å². The van der Waals surface area contributed by atoms with Crippen molar-refractivity contribution < 1.29 is 18.3 Å². The fraction of sp³-hybridized carbons (Fsp3) is 0.182. The van der Waals surface area contributed by atoms with Crippen molar-refractivity contribution in [3.8, 4) is 5.75 Å². The molecule has 19 heavy (non-hydrogen) atoms. The first-order valence-corrected chi connectivity index (χ1v) is 6.77. The fourth-order valence-corrected chi connectivity index (χ4v) is 2.47. The van der Waals surface area contributed by atoms with Crippen LogP contribution >= 0.6 is 27.3 Å². The van der Waals surface area contributed by atoms with E-state index in [0.717, 1.165) is 22.3 Å². The molecule has 0 saturated heterocycles. The largest absolute Gasteiger partial charge is 0.507 e. The van der Waals surface area contributed by atoms with E-state index in [0.29, 0.717) is 11.0 Å². The van der Waals surface area contributed by atoms with Crippen LogP contribution in [0, 0.1) is 0 Å². The second-order valence-electron chi connectivity index (χ2n) is 3.67. The Morgan fingerprint density at radius 2 is 2.11 bits per heavy atom. The lowest BCUT2D eigenvalue weighted by Crippen LogP contribution is -2.06. The lowest BCUT2D eigenvalue weighted by Gasteiger charge is -2.05. The predicted molar refractivity (Wildman–Crippen MR) is 70.2 cm³/mol. The van der Waals surface area contributed by atoms with Gasteiger partial charge in [0, 0.05) is 11.9 Å². The summed E-state index contributed by atoms with van der Waals surface area (Å²) in [4.78, 5) is 3.46. The number of rotatable bonds is 3. The van der Waals surface area contributed by atoms with Gasteiger partial charge in [-0.15, -0.1) is 11.3 Å². The zero-order valence-corrected chi connectivity index (χ0v) is 11.7. The molecule has 0 unspecified atom stereocenters. The highest BCUT2D eigenvalue weighted by molar-refractivity contribution is 9.10. The van der Waals surface area contributed by atoms with Gasteiger partial charge < -0.3 is 10.4 Å². The summed E-state index contributed by atoms with van der Waals surface area (Å²) in [7, 11) is 0. The number of nitrogens with one attached hydrogen (secondary N) is 1. The van der Waals surface area contributed by atoms with E-state index in [4.69, 9.17) is 0 Å². The number of hydrogen-bond acceptors (Lipinski definition) is 4. The number of halogens is 4. The average molecular weight is 353 g/mol. The van der Waals surface area contributed by atoms with Crippen LogP contribution in [0.1, 0.15) is 11.3 Å². The van der Waals surface area contributed by atoms with Gasteiger partial charge in [-0.05, 0) is 33.6 Å². The van der Waals surface area contributed by atoms with Crippen molar-refractivity contribution in [2.24, 2.45) is 0 Å². The molecule has 2 rings (SSSR count). The van der Waals surface area contributed by atoms with Gasteiger partial charge in [-0.25, -0.2) is 4.98 Å². The Morgan fingerprint density at radius 1 is 1.37 bits per heavy atom. The molecule has 1 aromatic carbocycles. The van der Waals surface area contributed by atoms with Gasteiger partial charge in [0.15, 0.2) is 10.8 Å². The number of aromatic hydroxyl groups is 1. The van der Waals surface area contributed by atoms with E-state index >= 15 is 0 Å². The average Bonchev–Trinajstić information content (AvgIpc) is 2.79. The zero-order chi connectivity index (χ0) is 14.0. The number of alkyl halides is 3. The maximum absolute atomic E-state index is 12.3. The number of anilines is 1. The number of thiazole rings is 1. The van der Waals surface area contributed by atoms with E-state index in [1.165, 1.54) is 6.07 Å². The molecule has 102 valence electrons. The minimum absolute atomic E-state index is 0.109. The minimum atomic E-state index is -4.42. The summed E-state index contributed by atoms with van der Waals surface area (Å²) < 4.78 is 37.6. The highest BCUT2D eigenvalue weighted by atomic mass is 79.9. The molecule has 0 fully saturated rings. The third-order valence-corrected chi connectivity index (χ3v) is 3.69. The molecule has 0 bridgehead atoms. The Morgan fingerprint density at radius 3 is 2.68 bits per heavy atom. The van der Waals surface area contributed by atoms with Crippen LogP contribution in [0.5, 0.6) is 5.75 Å². The van der Waals surface area contributed by atoms with Crippen LogP contribution in [0.25, 0.3) is 0 Å². The van der Waals surface area contributed by atoms with Gasteiger partial charge in [0.25, 0.3) is 0 Å². The molecule has 1 heterocycles. The monoisotopic (exact) mass is 352 g/mol. The van der Waals surface area contributed by atoms with Crippen molar-refractivity contribution in [2.45, 2.75) is 12.7 Å².